The van der Waals surface area contributed by atoms with Gasteiger partial charge in [-0.3, -0.25) is 4.79 Å². The molecule has 0 saturated heterocycles. The van der Waals surface area contributed by atoms with E-state index in [-0.39, 0.29) is 0 Å². The molecule has 0 spiro atoms. The largest absolute Gasteiger partial charge is 0.366 e. The van der Waals surface area contributed by atoms with Crippen LogP contribution in [0.4, 0.5) is 0 Å². The third kappa shape index (κ3) is 3.49. The quantitative estimate of drug-likeness (QED) is 0.272. The van der Waals surface area contributed by atoms with Crippen LogP contribution in [0.5, 0.6) is 0 Å². The Morgan fingerprint density at radius 1 is 0.938 bits per heavy atom. The molecule has 4 heteroatoms. The van der Waals surface area contributed by atoms with Gasteiger partial charge >= 0.3 is 0 Å². The Kier molecular flexibility index (Phi) is 5.48. The minimum Gasteiger partial charge on any atom is -0.366 e. The van der Waals surface area contributed by atoms with Gasteiger partial charge in [-0.25, -0.2) is 0 Å². The number of carbonyl (C=O) groups is 1. The fraction of sp³-hybridized carbons (Fsp3) is 0.179. The SMILES string of the molecule is CCCCc1ccc2c3c(C(N)=O)cccc3n(Cc3ccc4ccccc4c3Br)c2c1. The first-order chi connectivity index (χ1) is 15.6. The first-order valence-corrected chi connectivity index (χ1v) is 11.9. The van der Waals surface area contributed by atoms with Crippen molar-refractivity contribution in [2.75, 3.05) is 0 Å². The lowest BCUT2D eigenvalue weighted by Gasteiger charge is -2.12. The van der Waals surface area contributed by atoms with Gasteiger partial charge in [0, 0.05) is 32.9 Å². The summed E-state index contributed by atoms with van der Waals surface area (Å²) in [6.07, 6.45) is 3.38. The maximum absolute atomic E-state index is 12.2. The topological polar surface area (TPSA) is 48.0 Å². The molecule has 0 atom stereocenters. The molecule has 1 amide bonds. The highest BCUT2D eigenvalue weighted by atomic mass is 79.9. The highest BCUT2D eigenvalue weighted by Gasteiger charge is 2.18. The van der Waals surface area contributed by atoms with Crippen molar-refractivity contribution in [2.45, 2.75) is 32.7 Å². The first kappa shape index (κ1) is 20.8. The summed E-state index contributed by atoms with van der Waals surface area (Å²) in [5, 5.41) is 4.43. The lowest BCUT2D eigenvalue weighted by atomic mass is 10.0. The number of primary amides is 1. The van der Waals surface area contributed by atoms with Crippen molar-refractivity contribution in [2.24, 2.45) is 5.73 Å². The van der Waals surface area contributed by atoms with Crippen LogP contribution in [0.2, 0.25) is 0 Å². The molecule has 3 nitrogen and oxygen atoms in total. The molecule has 160 valence electrons. The van der Waals surface area contributed by atoms with Crippen LogP contribution in [0, 0.1) is 0 Å². The highest BCUT2D eigenvalue weighted by Crippen LogP contribution is 2.35. The number of nitrogens with zero attached hydrogens (tertiary/aromatic N) is 1. The van der Waals surface area contributed by atoms with Crippen molar-refractivity contribution in [3.05, 3.63) is 94.0 Å². The summed E-state index contributed by atoms with van der Waals surface area (Å²) in [7, 11) is 0. The fourth-order valence-electron chi connectivity index (χ4n) is 4.67. The smallest absolute Gasteiger partial charge is 0.249 e. The predicted octanol–water partition coefficient (Wildman–Crippen LogP) is 7.20. The molecule has 0 aliphatic rings. The molecule has 32 heavy (non-hydrogen) atoms. The molecule has 0 saturated carbocycles. The molecule has 0 unspecified atom stereocenters. The zero-order chi connectivity index (χ0) is 22.2. The molecule has 1 aromatic heterocycles. The molecule has 0 aliphatic carbocycles. The molecule has 5 aromatic rings. The number of nitrogens with two attached hydrogens (primary N) is 1. The normalized spacial score (nSPS) is 11.6. The van der Waals surface area contributed by atoms with E-state index in [1.165, 1.54) is 21.9 Å². The summed E-state index contributed by atoms with van der Waals surface area (Å²) in [5.41, 5.74) is 11.0. The zero-order valence-electron chi connectivity index (χ0n) is 18.1. The van der Waals surface area contributed by atoms with Gasteiger partial charge < -0.3 is 10.3 Å². The minimum atomic E-state index is -0.392. The maximum atomic E-state index is 12.2. The Bertz CT molecular complexity index is 1480. The van der Waals surface area contributed by atoms with Crippen molar-refractivity contribution in [1.29, 1.82) is 0 Å². The summed E-state index contributed by atoms with van der Waals surface area (Å²) in [5.74, 6) is -0.392. The number of carbonyl (C=O) groups excluding carboxylic acids is 1. The van der Waals surface area contributed by atoms with Gasteiger partial charge in [-0.1, -0.05) is 67.9 Å². The lowest BCUT2D eigenvalue weighted by molar-refractivity contribution is 0.100. The van der Waals surface area contributed by atoms with Gasteiger partial charge in [0.25, 0.3) is 0 Å². The number of benzene rings is 4. The number of unbranched alkanes of at least 4 members (excludes halogenated alkanes) is 1. The molecular weight excluding hydrogens is 460 g/mol. The number of hydrogen-bond donors (Lipinski definition) is 1. The van der Waals surface area contributed by atoms with Crippen molar-refractivity contribution in [3.8, 4) is 0 Å². The van der Waals surface area contributed by atoms with Crippen LogP contribution in [0.15, 0.2) is 77.3 Å². The second-order valence-electron chi connectivity index (χ2n) is 8.36. The van der Waals surface area contributed by atoms with Crippen molar-refractivity contribution in [1.82, 2.24) is 4.57 Å². The zero-order valence-corrected chi connectivity index (χ0v) is 19.7. The molecule has 2 N–H and O–H groups in total. The first-order valence-electron chi connectivity index (χ1n) is 11.1. The van der Waals surface area contributed by atoms with E-state index in [0.717, 1.165) is 45.5 Å². The molecular formula is C28H25BrN2O. The van der Waals surface area contributed by atoms with E-state index in [1.807, 2.05) is 12.1 Å². The maximum Gasteiger partial charge on any atom is 0.249 e. The average molecular weight is 485 g/mol. The van der Waals surface area contributed by atoms with E-state index in [9.17, 15) is 4.79 Å². The molecule has 0 fully saturated rings. The number of rotatable bonds is 6. The Morgan fingerprint density at radius 2 is 1.78 bits per heavy atom. The van der Waals surface area contributed by atoms with Crippen molar-refractivity contribution >= 4 is 54.4 Å². The van der Waals surface area contributed by atoms with E-state index in [1.54, 1.807) is 0 Å². The van der Waals surface area contributed by atoms with Gasteiger partial charge in [-0.15, -0.1) is 0 Å². The molecule has 4 aromatic carbocycles. The molecule has 1 heterocycles. The van der Waals surface area contributed by atoms with Crippen LogP contribution in [0.3, 0.4) is 0 Å². The van der Waals surface area contributed by atoms with Crippen LogP contribution >= 0.6 is 15.9 Å². The molecule has 5 rings (SSSR count). The van der Waals surface area contributed by atoms with E-state index in [4.69, 9.17) is 5.73 Å². The number of hydrogen-bond acceptors (Lipinski definition) is 1. The fourth-order valence-corrected chi connectivity index (χ4v) is 5.29. The van der Waals surface area contributed by atoms with Crippen LogP contribution in [0.1, 0.15) is 41.3 Å². The average Bonchev–Trinajstić information content (AvgIpc) is 3.12. The third-order valence-corrected chi connectivity index (χ3v) is 7.25. The lowest BCUT2D eigenvalue weighted by Crippen LogP contribution is -2.11. The van der Waals surface area contributed by atoms with Gasteiger partial charge in [0.15, 0.2) is 0 Å². The third-order valence-electron chi connectivity index (χ3n) is 6.31. The second kappa shape index (κ2) is 8.44. The summed E-state index contributed by atoms with van der Waals surface area (Å²) < 4.78 is 3.43. The van der Waals surface area contributed by atoms with Gasteiger partial charge in [0.05, 0.1) is 5.52 Å². The van der Waals surface area contributed by atoms with E-state index in [2.05, 4.69) is 88.1 Å². The van der Waals surface area contributed by atoms with Crippen molar-refractivity contribution < 1.29 is 4.79 Å². The summed E-state index contributed by atoms with van der Waals surface area (Å²) >= 11 is 3.85. The van der Waals surface area contributed by atoms with Gasteiger partial charge in [-0.05, 0) is 68.9 Å². The minimum absolute atomic E-state index is 0.392. The van der Waals surface area contributed by atoms with Crippen LogP contribution < -0.4 is 5.73 Å². The van der Waals surface area contributed by atoms with E-state index < -0.39 is 5.91 Å². The number of fused-ring (bicyclic) bond motifs is 4. The summed E-state index contributed by atoms with van der Waals surface area (Å²) in [6, 6.07) is 25.2. The number of aromatic nitrogens is 1. The standard InChI is InChI=1S/C28H25BrN2O/c1-2-3-7-18-12-15-22-25(16-18)31(24-11-6-10-23(26(22)24)28(30)32)17-20-14-13-19-8-4-5-9-21(19)27(20)29/h4-6,8-16H,2-3,7,17H2,1H3,(H2,30,32). The van der Waals surface area contributed by atoms with Crippen LogP contribution in [-0.2, 0) is 13.0 Å². The number of halogens is 1. The van der Waals surface area contributed by atoms with E-state index >= 15 is 0 Å². The second-order valence-corrected chi connectivity index (χ2v) is 9.16. The number of aryl methyl sites for hydroxylation is 1. The van der Waals surface area contributed by atoms with Gasteiger partial charge in [-0.2, -0.15) is 0 Å². The Labute approximate surface area is 196 Å². The van der Waals surface area contributed by atoms with E-state index in [0.29, 0.717) is 12.1 Å². The Balaban J connectivity index is 1.75. The molecule has 0 radical (unpaired) electrons. The van der Waals surface area contributed by atoms with Gasteiger partial charge in [0.2, 0.25) is 5.91 Å². The monoisotopic (exact) mass is 484 g/mol. The van der Waals surface area contributed by atoms with Crippen LogP contribution in [0.25, 0.3) is 32.6 Å². The van der Waals surface area contributed by atoms with Gasteiger partial charge in [0.1, 0.15) is 0 Å². The predicted molar refractivity (Wildman–Crippen MR) is 137 cm³/mol. The number of amides is 1. The van der Waals surface area contributed by atoms with Crippen LogP contribution in [-0.4, -0.2) is 10.5 Å². The molecule has 0 bridgehead atoms. The molecule has 0 aliphatic heterocycles. The Morgan fingerprint density at radius 3 is 2.59 bits per heavy atom. The Hall–Kier alpha value is -3.11. The van der Waals surface area contributed by atoms with Crippen molar-refractivity contribution in [3.63, 3.8) is 0 Å². The summed E-state index contributed by atoms with van der Waals surface area (Å²) in [6.45, 7) is 2.91. The highest BCUT2D eigenvalue weighted by molar-refractivity contribution is 9.10. The summed E-state index contributed by atoms with van der Waals surface area (Å²) in [4.78, 5) is 12.2.